The van der Waals surface area contributed by atoms with E-state index in [0.29, 0.717) is 0 Å². The van der Waals surface area contributed by atoms with E-state index >= 15 is 0 Å². The minimum atomic E-state index is -4.67. The lowest BCUT2D eigenvalue weighted by Crippen LogP contribution is -2.16. The molecule has 1 rings (SSSR count). The highest BCUT2D eigenvalue weighted by molar-refractivity contribution is 5.90. The van der Waals surface area contributed by atoms with Crippen LogP contribution in [0.5, 0.6) is 0 Å². The van der Waals surface area contributed by atoms with Gasteiger partial charge in [-0.2, -0.15) is 13.2 Å². The van der Waals surface area contributed by atoms with Crippen molar-refractivity contribution in [3.63, 3.8) is 0 Å². The van der Waals surface area contributed by atoms with Gasteiger partial charge in [0.05, 0.1) is 16.8 Å². The SMILES string of the molecule is Cc1cc(C(F)(F)F)c(C(=O)O)c(C)n1.Cl. The lowest BCUT2D eigenvalue weighted by molar-refractivity contribution is -0.138. The lowest BCUT2D eigenvalue weighted by Gasteiger charge is -2.12. The molecule has 0 aliphatic rings. The van der Waals surface area contributed by atoms with Gasteiger partial charge in [-0.1, -0.05) is 0 Å². The van der Waals surface area contributed by atoms with Crippen molar-refractivity contribution in [2.45, 2.75) is 20.0 Å². The first-order valence-electron chi connectivity index (χ1n) is 4.02. The molecule has 0 aliphatic carbocycles. The van der Waals surface area contributed by atoms with Crippen molar-refractivity contribution in [3.8, 4) is 0 Å². The molecule has 1 N–H and O–H groups in total. The number of pyridine rings is 1. The van der Waals surface area contributed by atoms with E-state index in [1.54, 1.807) is 0 Å². The van der Waals surface area contributed by atoms with Crippen LogP contribution in [0.2, 0.25) is 0 Å². The summed E-state index contributed by atoms with van der Waals surface area (Å²) in [5, 5.41) is 8.66. The average molecular weight is 256 g/mol. The molecule has 0 aliphatic heterocycles. The van der Waals surface area contributed by atoms with Crippen LogP contribution < -0.4 is 0 Å². The maximum absolute atomic E-state index is 12.5. The summed E-state index contributed by atoms with van der Waals surface area (Å²) in [7, 11) is 0. The van der Waals surface area contributed by atoms with Gasteiger partial charge in [0.15, 0.2) is 0 Å². The van der Waals surface area contributed by atoms with Gasteiger partial charge in [-0.3, -0.25) is 4.98 Å². The quantitative estimate of drug-likeness (QED) is 0.839. The first kappa shape index (κ1) is 14.7. The average Bonchev–Trinajstić information content (AvgIpc) is 1.99. The highest BCUT2D eigenvalue weighted by Crippen LogP contribution is 2.33. The number of alkyl halides is 3. The monoisotopic (exact) mass is 255 g/mol. The number of hydrogen-bond acceptors (Lipinski definition) is 2. The van der Waals surface area contributed by atoms with Crippen LogP contribution in [-0.2, 0) is 6.18 Å². The number of aromatic nitrogens is 1. The molecule has 0 aromatic carbocycles. The molecule has 0 atom stereocenters. The Morgan fingerprint density at radius 2 is 1.88 bits per heavy atom. The Labute approximate surface area is 95.7 Å². The second kappa shape index (κ2) is 4.69. The Hall–Kier alpha value is -1.30. The summed E-state index contributed by atoms with van der Waals surface area (Å²) >= 11 is 0. The van der Waals surface area contributed by atoms with Crippen molar-refractivity contribution in [2.75, 3.05) is 0 Å². The number of rotatable bonds is 1. The number of carboxylic acid groups (broad SMARTS) is 1. The van der Waals surface area contributed by atoms with E-state index in [2.05, 4.69) is 4.98 Å². The van der Waals surface area contributed by atoms with Crippen LogP contribution in [0.1, 0.15) is 27.3 Å². The molecule has 0 radical (unpaired) electrons. The molecule has 0 fully saturated rings. The summed E-state index contributed by atoms with van der Waals surface area (Å²) in [6.45, 7) is 2.62. The van der Waals surface area contributed by atoms with E-state index in [4.69, 9.17) is 5.11 Å². The van der Waals surface area contributed by atoms with E-state index in [1.807, 2.05) is 0 Å². The van der Waals surface area contributed by atoms with Crippen LogP contribution in [-0.4, -0.2) is 16.1 Å². The molecule has 0 amide bonds. The van der Waals surface area contributed by atoms with Gasteiger partial charge in [0, 0.05) is 5.69 Å². The summed E-state index contributed by atoms with van der Waals surface area (Å²) in [5.74, 6) is -1.62. The molecule has 1 aromatic heterocycles. The van der Waals surface area contributed by atoms with Gasteiger partial charge in [0.2, 0.25) is 0 Å². The maximum Gasteiger partial charge on any atom is 0.417 e. The van der Waals surface area contributed by atoms with Gasteiger partial charge in [-0.15, -0.1) is 12.4 Å². The van der Waals surface area contributed by atoms with Crippen molar-refractivity contribution in [3.05, 3.63) is 28.6 Å². The second-order valence-electron chi connectivity index (χ2n) is 3.07. The highest BCUT2D eigenvalue weighted by Gasteiger charge is 2.36. The minimum absolute atomic E-state index is 0. The number of nitrogens with zero attached hydrogens (tertiary/aromatic N) is 1. The predicted octanol–water partition coefficient (Wildman–Crippen LogP) is 2.84. The molecular formula is C9H9ClF3NO2. The Morgan fingerprint density at radius 1 is 1.38 bits per heavy atom. The summed E-state index contributed by atoms with van der Waals surface area (Å²) in [6, 6.07) is 0.733. The second-order valence-corrected chi connectivity index (χ2v) is 3.07. The third kappa shape index (κ3) is 2.85. The van der Waals surface area contributed by atoms with Crippen molar-refractivity contribution < 1.29 is 23.1 Å². The molecule has 1 aromatic rings. The van der Waals surface area contributed by atoms with Crippen LogP contribution >= 0.6 is 12.4 Å². The molecule has 0 bridgehead atoms. The van der Waals surface area contributed by atoms with Gasteiger partial charge in [-0.25, -0.2) is 4.79 Å². The summed E-state index contributed by atoms with van der Waals surface area (Å²) < 4.78 is 37.4. The molecule has 1 heterocycles. The molecule has 7 heteroatoms. The van der Waals surface area contributed by atoms with Gasteiger partial charge >= 0.3 is 12.1 Å². The molecular weight excluding hydrogens is 247 g/mol. The van der Waals surface area contributed by atoms with Crippen molar-refractivity contribution in [1.29, 1.82) is 0 Å². The zero-order valence-corrected chi connectivity index (χ0v) is 9.24. The largest absolute Gasteiger partial charge is 0.478 e. The number of aromatic carboxylic acids is 1. The molecule has 0 unspecified atom stereocenters. The van der Waals surface area contributed by atoms with Crippen molar-refractivity contribution in [2.24, 2.45) is 0 Å². The van der Waals surface area contributed by atoms with Crippen LogP contribution in [0.3, 0.4) is 0 Å². The standard InChI is InChI=1S/C9H8F3NO2.ClH/c1-4-3-6(9(10,11)12)7(8(14)15)5(2)13-4;/h3H,1-2H3,(H,14,15);1H. The fourth-order valence-corrected chi connectivity index (χ4v) is 1.32. The Balaban J connectivity index is 0.00000225. The van der Waals surface area contributed by atoms with Crippen molar-refractivity contribution in [1.82, 2.24) is 4.98 Å². The van der Waals surface area contributed by atoms with E-state index in [0.717, 1.165) is 6.07 Å². The van der Waals surface area contributed by atoms with E-state index in [-0.39, 0.29) is 23.8 Å². The first-order valence-corrected chi connectivity index (χ1v) is 4.02. The maximum atomic E-state index is 12.5. The number of carboxylic acids is 1. The highest BCUT2D eigenvalue weighted by atomic mass is 35.5. The van der Waals surface area contributed by atoms with E-state index in [1.165, 1.54) is 13.8 Å². The van der Waals surface area contributed by atoms with Crippen LogP contribution in [0.4, 0.5) is 13.2 Å². The Morgan fingerprint density at radius 3 is 2.25 bits per heavy atom. The fraction of sp³-hybridized carbons (Fsp3) is 0.333. The molecule has 0 saturated heterocycles. The fourth-order valence-electron chi connectivity index (χ4n) is 1.32. The molecule has 0 saturated carbocycles. The number of halogens is 4. The van der Waals surface area contributed by atoms with Gasteiger partial charge in [-0.05, 0) is 19.9 Å². The summed E-state index contributed by atoms with van der Waals surface area (Å²) in [4.78, 5) is 14.3. The lowest BCUT2D eigenvalue weighted by atomic mass is 10.1. The number of carbonyl (C=O) groups is 1. The Kier molecular flexibility index (Phi) is 4.31. The molecule has 3 nitrogen and oxygen atoms in total. The van der Waals surface area contributed by atoms with Gasteiger partial charge in [0.25, 0.3) is 0 Å². The van der Waals surface area contributed by atoms with Gasteiger partial charge in [0.1, 0.15) is 0 Å². The van der Waals surface area contributed by atoms with E-state index in [9.17, 15) is 18.0 Å². The summed E-state index contributed by atoms with van der Waals surface area (Å²) in [5.41, 5.74) is -1.92. The normalized spacial score (nSPS) is 10.8. The predicted molar refractivity (Wildman–Crippen MR) is 52.9 cm³/mol. The number of hydrogen-bond donors (Lipinski definition) is 1. The van der Waals surface area contributed by atoms with Gasteiger partial charge < -0.3 is 5.11 Å². The first-order chi connectivity index (χ1) is 6.73. The Bertz CT molecular complexity index is 418. The van der Waals surface area contributed by atoms with Crippen LogP contribution in [0.25, 0.3) is 0 Å². The van der Waals surface area contributed by atoms with E-state index < -0.39 is 23.3 Å². The third-order valence-corrected chi connectivity index (χ3v) is 1.85. The molecule has 0 spiro atoms. The zero-order chi connectivity index (χ0) is 11.8. The van der Waals surface area contributed by atoms with Crippen molar-refractivity contribution >= 4 is 18.4 Å². The molecule has 16 heavy (non-hydrogen) atoms. The van der Waals surface area contributed by atoms with Crippen LogP contribution in [0, 0.1) is 13.8 Å². The summed E-state index contributed by atoms with van der Waals surface area (Å²) in [6.07, 6.45) is -4.67. The third-order valence-electron chi connectivity index (χ3n) is 1.85. The topological polar surface area (TPSA) is 50.2 Å². The zero-order valence-electron chi connectivity index (χ0n) is 8.42. The van der Waals surface area contributed by atoms with Crippen LogP contribution in [0.15, 0.2) is 6.07 Å². The number of aryl methyl sites for hydroxylation is 2. The smallest absolute Gasteiger partial charge is 0.417 e. The molecule has 90 valence electrons. The minimum Gasteiger partial charge on any atom is -0.478 e.